The van der Waals surface area contributed by atoms with Crippen molar-refractivity contribution in [3.8, 4) is 11.8 Å². The second kappa shape index (κ2) is 3.26. The van der Waals surface area contributed by atoms with Crippen molar-refractivity contribution in [2.24, 2.45) is 0 Å². The van der Waals surface area contributed by atoms with Crippen LogP contribution in [0.25, 0.3) is 11.0 Å². The first kappa shape index (κ1) is 8.38. The Balaban J connectivity index is 2.53. The SMILES string of the molecule is N#CCOc1cccc2onc(N)c12. The van der Waals surface area contributed by atoms with E-state index in [1.807, 2.05) is 6.07 Å². The summed E-state index contributed by atoms with van der Waals surface area (Å²) in [5, 5.41) is 12.6. The van der Waals surface area contributed by atoms with Gasteiger partial charge in [-0.25, -0.2) is 0 Å². The second-order valence-electron chi connectivity index (χ2n) is 2.64. The summed E-state index contributed by atoms with van der Waals surface area (Å²) in [6.07, 6.45) is 0. The van der Waals surface area contributed by atoms with Gasteiger partial charge in [-0.15, -0.1) is 0 Å². The average Bonchev–Trinajstić information content (AvgIpc) is 2.58. The van der Waals surface area contributed by atoms with Gasteiger partial charge in [0.25, 0.3) is 0 Å². The van der Waals surface area contributed by atoms with Gasteiger partial charge in [-0.2, -0.15) is 5.26 Å². The number of nitrogens with two attached hydrogens (primary N) is 1. The van der Waals surface area contributed by atoms with Crippen molar-refractivity contribution in [1.82, 2.24) is 5.16 Å². The van der Waals surface area contributed by atoms with Crippen LogP contribution in [0.5, 0.6) is 5.75 Å². The highest BCUT2D eigenvalue weighted by Crippen LogP contribution is 2.29. The van der Waals surface area contributed by atoms with E-state index in [4.69, 9.17) is 20.3 Å². The van der Waals surface area contributed by atoms with Crippen molar-refractivity contribution in [3.63, 3.8) is 0 Å². The molecule has 0 saturated carbocycles. The lowest BCUT2D eigenvalue weighted by Crippen LogP contribution is -1.94. The first-order chi connectivity index (χ1) is 6.83. The summed E-state index contributed by atoms with van der Waals surface area (Å²) in [6, 6.07) is 7.08. The zero-order valence-electron chi connectivity index (χ0n) is 7.23. The number of nitriles is 1. The quantitative estimate of drug-likeness (QED) is 0.769. The van der Waals surface area contributed by atoms with Crippen LogP contribution >= 0.6 is 0 Å². The van der Waals surface area contributed by atoms with Crippen LogP contribution in [0.2, 0.25) is 0 Å². The largest absolute Gasteiger partial charge is 0.478 e. The fraction of sp³-hybridized carbons (Fsp3) is 0.111. The molecule has 0 aliphatic carbocycles. The van der Waals surface area contributed by atoms with Gasteiger partial charge in [-0.3, -0.25) is 0 Å². The van der Waals surface area contributed by atoms with Crippen molar-refractivity contribution in [1.29, 1.82) is 5.26 Å². The van der Waals surface area contributed by atoms with Crippen LogP contribution in [-0.4, -0.2) is 11.8 Å². The summed E-state index contributed by atoms with van der Waals surface area (Å²) < 4.78 is 10.1. The monoisotopic (exact) mass is 189 g/mol. The Morgan fingerprint density at radius 3 is 3.21 bits per heavy atom. The summed E-state index contributed by atoms with van der Waals surface area (Å²) in [5.41, 5.74) is 6.13. The van der Waals surface area contributed by atoms with Crippen LogP contribution in [0.3, 0.4) is 0 Å². The molecule has 5 nitrogen and oxygen atoms in total. The standard InChI is InChI=1S/C9H7N3O2/c10-4-5-13-6-2-1-3-7-8(6)9(11)12-14-7/h1-3H,5H2,(H2,11,12). The number of benzene rings is 1. The minimum atomic E-state index is -0.0241. The maximum absolute atomic E-state index is 8.37. The Morgan fingerprint density at radius 2 is 2.43 bits per heavy atom. The third-order valence-electron chi connectivity index (χ3n) is 1.78. The molecule has 2 aromatic rings. The van der Waals surface area contributed by atoms with E-state index >= 15 is 0 Å². The molecule has 0 atom stereocenters. The molecular formula is C9H7N3O2. The van der Waals surface area contributed by atoms with Gasteiger partial charge in [-0.1, -0.05) is 11.2 Å². The van der Waals surface area contributed by atoms with Gasteiger partial charge in [0, 0.05) is 0 Å². The first-order valence-corrected chi connectivity index (χ1v) is 3.96. The van der Waals surface area contributed by atoms with Gasteiger partial charge in [0.1, 0.15) is 17.2 Å². The maximum atomic E-state index is 8.37. The molecule has 70 valence electrons. The fourth-order valence-electron chi connectivity index (χ4n) is 1.21. The maximum Gasteiger partial charge on any atom is 0.178 e. The summed E-state index contributed by atoms with van der Waals surface area (Å²) in [4.78, 5) is 0. The molecule has 0 saturated heterocycles. The Labute approximate surface area is 79.7 Å². The molecule has 1 aromatic carbocycles. The van der Waals surface area contributed by atoms with Crippen molar-refractivity contribution < 1.29 is 9.26 Å². The highest BCUT2D eigenvalue weighted by Gasteiger charge is 2.10. The second-order valence-corrected chi connectivity index (χ2v) is 2.64. The summed E-state index contributed by atoms with van der Waals surface area (Å²) >= 11 is 0. The lowest BCUT2D eigenvalue weighted by molar-refractivity contribution is 0.372. The third-order valence-corrected chi connectivity index (χ3v) is 1.78. The highest BCUT2D eigenvalue weighted by molar-refractivity contribution is 5.92. The molecule has 0 aliphatic heterocycles. The van der Waals surface area contributed by atoms with Gasteiger partial charge in [0.15, 0.2) is 18.0 Å². The van der Waals surface area contributed by atoms with Crippen LogP contribution in [0.1, 0.15) is 0 Å². The van der Waals surface area contributed by atoms with Gasteiger partial charge in [-0.05, 0) is 12.1 Å². The molecule has 14 heavy (non-hydrogen) atoms. The van der Waals surface area contributed by atoms with Crippen LogP contribution in [0.4, 0.5) is 5.82 Å². The summed E-state index contributed by atoms with van der Waals surface area (Å²) in [5.74, 6) is 0.788. The van der Waals surface area contributed by atoms with Crippen molar-refractivity contribution >= 4 is 16.8 Å². The molecule has 0 aliphatic rings. The van der Waals surface area contributed by atoms with E-state index in [0.717, 1.165) is 0 Å². The van der Waals surface area contributed by atoms with Crippen LogP contribution in [0, 0.1) is 11.3 Å². The molecule has 0 spiro atoms. The molecule has 0 bridgehead atoms. The number of fused-ring (bicyclic) bond motifs is 1. The summed E-state index contributed by atoms with van der Waals surface area (Å²) in [7, 11) is 0. The number of nitrogen functional groups attached to an aromatic ring is 1. The molecule has 0 radical (unpaired) electrons. The van der Waals surface area contributed by atoms with Crippen molar-refractivity contribution in [2.75, 3.05) is 12.3 Å². The molecule has 0 fully saturated rings. The number of aromatic nitrogens is 1. The molecule has 1 aromatic heterocycles. The van der Waals surface area contributed by atoms with Gasteiger partial charge >= 0.3 is 0 Å². The van der Waals surface area contributed by atoms with E-state index in [1.54, 1.807) is 18.2 Å². The fourth-order valence-corrected chi connectivity index (χ4v) is 1.21. The van der Waals surface area contributed by atoms with E-state index < -0.39 is 0 Å². The lowest BCUT2D eigenvalue weighted by Gasteiger charge is -2.01. The third kappa shape index (κ3) is 1.23. The van der Waals surface area contributed by atoms with Gasteiger partial charge in [0.2, 0.25) is 0 Å². The van der Waals surface area contributed by atoms with E-state index in [9.17, 15) is 0 Å². The lowest BCUT2D eigenvalue weighted by atomic mass is 10.2. The van der Waals surface area contributed by atoms with E-state index in [2.05, 4.69) is 5.16 Å². The summed E-state index contributed by atoms with van der Waals surface area (Å²) in [6.45, 7) is -0.0241. The Bertz CT molecular complexity index is 498. The first-order valence-electron chi connectivity index (χ1n) is 3.96. The molecular weight excluding hydrogens is 182 g/mol. The minimum absolute atomic E-state index is 0.0241. The minimum Gasteiger partial charge on any atom is -0.478 e. The van der Waals surface area contributed by atoms with E-state index in [0.29, 0.717) is 16.7 Å². The highest BCUT2D eigenvalue weighted by atomic mass is 16.5. The zero-order valence-corrected chi connectivity index (χ0v) is 7.23. The number of hydrogen-bond donors (Lipinski definition) is 1. The number of rotatable bonds is 2. The van der Waals surface area contributed by atoms with Gasteiger partial charge in [0.05, 0.1) is 0 Å². The number of anilines is 1. The smallest absolute Gasteiger partial charge is 0.178 e. The topological polar surface area (TPSA) is 85.1 Å². The van der Waals surface area contributed by atoms with Crippen LogP contribution in [0.15, 0.2) is 22.7 Å². The Morgan fingerprint density at radius 1 is 1.57 bits per heavy atom. The number of hydrogen-bond acceptors (Lipinski definition) is 5. The number of ether oxygens (including phenoxy) is 1. The van der Waals surface area contributed by atoms with Crippen molar-refractivity contribution in [2.45, 2.75) is 0 Å². The average molecular weight is 189 g/mol. The zero-order chi connectivity index (χ0) is 9.97. The molecule has 0 unspecified atom stereocenters. The van der Waals surface area contributed by atoms with Crippen molar-refractivity contribution in [3.05, 3.63) is 18.2 Å². The normalized spacial score (nSPS) is 9.93. The number of nitrogens with zero attached hydrogens (tertiary/aromatic N) is 2. The predicted molar refractivity (Wildman–Crippen MR) is 49.5 cm³/mol. The van der Waals surface area contributed by atoms with E-state index in [-0.39, 0.29) is 12.4 Å². The molecule has 2 N–H and O–H groups in total. The van der Waals surface area contributed by atoms with E-state index in [1.165, 1.54) is 0 Å². The molecule has 5 heteroatoms. The van der Waals surface area contributed by atoms with Gasteiger partial charge < -0.3 is 15.0 Å². The molecule has 1 heterocycles. The Kier molecular flexibility index (Phi) is 1.95. The van der Waals surface area contributed by atoms with Crippen LogP contribution in [-0.2, 0) is 0 Å². The van der Waals surface area contributed by atoms with Crippen LogP contribution < -0.4 is 10.5 Å². The predicted octanol–water partition coefficient (Wildman–Crippen LogP) is 1.31. The molecule has 0 amide bonds. The molecule has 2 rings (SSSR count). The Hall–Kier alpha value is -2.22.